The highest BCUT2D eigenvalue weighted by Crippen LogP contribution is 2.40. The van der Waals surface area contributed by atoms with Crippen LogP contribution in [0.25, 0.3) is 11.2 Å². The fraction of sp³-hybridized carbons (Fsp3) is 0.714. The Bertz CT molecular complexity index is 625. The molecule has 0 amide bonds. The summed E-state index contributed by atoms with van der Waals surface area (Å²) in [5, 5.41) is 4.59. The van der Waals surface area contributed by atoms with E-state index >= 15 is 0 Å². The van der Waals surface area contributed by atoms with Crippen LogP contribution in [0.5, 0.6) is 0 Å². The molecule has 4 nitrogen and oxygen atoms in total. The van der Waals surface area contributed by atoms with Gasteiger partial charge in [0.2, 0.25) is 0 Å². The Balaban J connectivity index is 2.11. The van der Waals surface area contributed by atoms with Gasteiger partial charge in [0.15, 0.2) is 5.65 Å². The summed E-state index contributed by atoms with van der Waals surface area (Å²) in [6.45, 7) is 8.34. The summed E-state index contributed by atoms with van der Waals surface area (Å²) in [7, 11) is 0. The molecule has 1 fully saturated rings. The van der Waals surface area contributed by atoms with Gasteiger partial charge in [-0.3, -0.25) is 0 Å². The first kappa shape index (κ1) is 14.3. The van der Waals surface area contributed by atoms with Crippen molar-refractivity contribution in [1.29, 1.82) is 0 Å². The third kappa shape index (κ3) is 2.25. The van der Waals surface area contributed by atoms with Crippen LogP contribution >= 0.6 is 23.4 Å². The van der Waals surface area contributed by atoms with Crippen molar-refractivity contribution in [1.82, 2.24) is 19.3 Å². The molecule has 0 N–H and O–H groups in total. The van der Waals surface area contributed by atoms with Crippen LogP contribution in [0.1, 0.15) is 38.2 Å². The van der Waals surface area contributed by atoms with Gasteiger partial charge in [-0.2, -0.15) is 16.9 Å². The fourth-order valence-electron chi connectivity index (χ4n) is 3.05. The standard InChI is InChI=1S/C14H21ClN4S/c1-4-19-13-12(10(2)17-19)16-11(8-15)18(13)9-14(3)6-5-7-20-14/h4-9H2,1-3H3. The molecule has 3 rings (SSSR count). The van der Waals surface area contributed by atoms with Crippen LogP contribution in [0.4, 0.5) is 0 Å². The zero-order chi connectivity index (χ0) is 14.3. The maximum Gasteiger partial charge on any atom is 0.159 e. The summed E-state index contributed by atoms with van der Waals surface area (Å²) in [6.07, 6.45) is 2.57. The van der Waals surface area contributed by atoms with Gasteiger partial charge in [-0.05, 0) is 39.4 Å². The Morgan fingerprint density at radius 3 is 2.85 bits per heavy atom. The highest BCUT2D eigenvalue weighted by molar-refractivity contribution is 8.00. The van der Waals surface area contributed by atoms with Crippen LogP contribution in [0.3, 0.4) is 0 Å². The zero-order valence-electron chi connectivity index (χ0n) is 12.3. The van der Waals surface area contributed by atoms with Crippen LogP contribution in [0.15, 0.2) is 0 Å². The van der Waals surface area contributed by atoms with Gasteiger partial charge in [0.05, 0.1) is 11.6 Å². The Hall–Kier alpha value is -0.680. The van der Waals surface area contributed by atoms with E-state index in [1.165, 1.54) is 18.6 Å². The van der Waals surface area contributed by atoms with Gasteiger partial charge in [-0.25, -0.2) is 9.67 Å². The lowest BCUT2D eigenvalue weighted by molar-refractivity contribution is 0.499. The number of alkyl halides is 1. The van der Waals surface area contributed by atoms with Crippen LogP contribution in [-0.2, 0) is 19.0 Å². The Morgan fingerprint density at radius 2 is 2.25 bits per heavy atom. The molecule has 110 valence electrons. The first-order chi connectivity index (χ1) is 9.58. The molecule has 1 saturated heterocycles. The van der Waals surface area contributed by atoms with E-state index in [1.54, 1.807) is 0 Å². The van der Waals surface area contributed by atoms with Crippen molar-refractivity contribution in [2.45, 2.75) is 57.3 Å². The molecule has 0 bridgehead atoms. The smallest absolute Gasteiger partial charge is 0.159 e. The lowest BCUT2D eigenvalue weighted by Gasteiger charge is -2.24. The van der Waals surface area contributed by atoms with E-state index in [0.717, 1.165) is 35.8 Å². The Labute approximate surface area is 128 Å². The normalized spacial score (nSPS) is 23.0. The molecule has 1 atom stereocenters. The van der Waals surface area contributed by atoms with E-state index in [-0.39, 0.29) is 0 Å². The van der Waals surface area contributed by atoms with Gasteiger partial charge in [-0.15, -0.1) is 11.6 Å². The quantitative estimate of drug-likeness (QED) is 0.809. The first-order valence-corrected chi connectivity index (χ1v) is 8.72. The SMILES string of the molecule is CCn1nc(C)c2nc(CCl)n(CC3(C)CCCS3)c21. The number of rotatable bonds is 4. The number of aryl methyl sites for hydroxylation is 2. The molecule has 2 aromatic rings. The van der Waals surface area contributed by atoms with Crippen LogP contribution in [-0.4, -0.2) is 29.8 Å². The van der Waals surface area contributed by atoms with Crippen molar-refractivity contribution < 1.29 is 0 Å². The second-order valence-electron chi connectivity index (χ2n) is 5.72. The molecular formula is C14H21ClN4S. The van der Waals surface area contributed by atoms with Gasteiger partial charge < -0.3 is 4.57 Å². The molecule has 3 heterocycles. The Kier molecular flexibility index (Phi) is 3.75. The summed E-state index contributed by atoms with van der Waals surface area (Å²) >= 11 is 8.19. The summed E-state index contributed by atoms with van der Waals surface area (Å²) < 4.78 is 4.64. The molecule has 0 aromatic carbocycles. The molecule has 0 saturated carbocycles. The number of hydrogen-bond acceptors (Lipinski definition) is 3. The van der Waals surface area contributed by atoms with E-state index in [9.17, 15) is 0 Å². The van der Waals surface area contributed by atoms with Crippen molar-refractivity contribution in [3.05, 3.63) is 11.5 Å². The lowest BCUT2D eigenvalue weighted by Crippen LogP contribution is -2.25. The van der Waals surface area contributed by atoms with E-state index in [1.807, 2.05) is 6.92 Å². The molecule has 0 radical (unpaired) electrons. The molecule has 0 aliphatic carbocycles. The molecule has 2 aromatic heterocycles. The molecular weight excluding hydrogens is 292 g/mol. The largest absolute Gasteiger partial charge is 0.310 e. The molecule has 6 heteroatoms. The second-order valence-corrected chi connectivity index (χ2v) is 7.67. The number of fused-ring (bicyclic) bond motifs is 1. The third-order valence-corrected chi connectivity index (χ3v) is 5.85. The van der Waals surface area contributed by atoms with Crippen molar-refractivity contribution >= 4 is 34.5 Å². The van der Waals surface area contributed by atoms with E-state index in [4.69, 9.17) is 16.6 Å². The van der Waals surface area contributed by atoms with Gasteiger partial charge in [0.1, 0.15) is 11.3 Å². The predicted molar refractivity (Wildman–Crippen MR) is 85.6 cm³/mol. The van der Waals surface area contributed by atoms with E-state index in [2.05, 4.69) is 40.0 Å². The predicted octanol–water partition coefficient (Wildman–Crippen LogP) is 3.59. The lowest BCUT2D eigenvalue weighted by atomic mass is 10.1. The van der Waals surface area contributed by atoms with Gasteiger partial charge >= 0.3 is 0 Å². The first-order valence-electron chi connectivity index (χ1n) is 7.20. The molecule has 1 unspecified atom stereocenters. The summed E-state index contributed by atoms with van der Waals surface area (Å²) in [5.41, 5.74) is 3.14. The number of hydrogen-bond donors (Lipinski definition) is 0. The maximum atomic E-state index is 6.12. The minimum Gasteiger partial charge on any atom is -0.310 e. The highest BCUT2D eigenvalue weighted by atomic mass is 35.5. The third-order valence-electron chi connectivity index (χ3n) is 4.09. The molecule has 1 aliphatic rings. The van der Waals surface area contributed by atoms with Crippen molar-refractivity contribution in [3.8, 4) is 0 Å². The molecule has 0 spiro atoms. The summed E-state index contributed by atoms with van der Waals surface area (Å²) in [5.74, 6) is 2.69. The van der Waals surface area contributed by atoms with Crippen LogP contribution in [0.2, 0.25) is 0 Å². The number of thioether (sulfide) groups is 1. The van der Waals surface area contributed by atoms with Gasteiger partial charge in [-0.1, -0.05) is 0 Å². The number of nitrogens with zero attached hydrogens (tertiary/aromatic N) is 4. The monoisotopic (exact) mass is 312 g/mol. The molecule has 1 aliphatic heterocycles. The number of halogens is 1. The summed E-state index contributed by atoms with van der Waals surface area (Å²) in [6, 6.07) is 0. The average molecular weight is 313 g/mol. The number of aromatic nitrogens is 4. The van der Waals surface area contributed by atoms with Gasteiger partial charge in [0, 0.05) is 17.8 Å². The molecule has 20 heavy (non-hydrogen) atoms. The maximum absolute atomic E-state index is 6.12. The van der Waals surface area contributed by atoms with Crippen LogP contribution in [0, 0.1) is 6.92 Å². The van der Waals surface area contributed by atoms with Crippen molar-refractivity contribution in [2.75, 3.05) is 5.75 Å². The highest BCUT2D eigenvalue weighted by Gasteiger charge is 2.32. The average Bonchev–Trinajstić information content (AvgIpc) is 3.08. The minimum absolute atomic E-state index is 0.297. The van der Waals surface area contributed by atoms with Crippen molar-refractivity contribution in [2.24, 2.45) is 0 Å². The van der Waals surface area contributed by atoms with E-state index < -0.39 is 0 Å². The zero-order valence-corrected chi connectivity index (χ0v) is 13.9. The van der Waals surface area contributed by atoms with Gasteiger partial charge in [0.25, 0.3) is 0 Å². The van der Waals surface area contributed by atoms with E-state index in [0.29, 0.717) is 10.6 Å². The fourth-order valence-corrected chi connectivity index (χ4v) is 4.55. The Morgan fingerprint density at radius 1 is 1.45 bits per heavy atom. The van der Waals surface area contributed by atoms with Crippen molar-refractivity contribution in [3.63, 3.8) is 0 Å². The number of imidazole rings is 1. The van der Waals surface area contributed by atoms with Crippen LogP contribution < -0.4 is 0 Å². The minimum atomic E-state index is 0.297. The topological polar surface area (TPSA) is 35.6 Å². The second kappa shape index (κ2) is 5.26. The summed E-state index contributed by atoms with van der Waals surface area (Å²) in [4.78, 5) is 4.71.